The normalized spacial score (nSPS) is 44.4. The molecule has 0 aromatic heterocycles. The lowest BCUT2D eigenvalue weighted by Crippen LogP contribution is -2.65. The van der Waals surface area contributed by atoms with Gasteiger partial charge >= 0.3 is 11.9 Å². The first kappa shape index (κ1) is 26.1. The number of hydrogen-bond donors (Lipinski definition) is 1. The molecule has 0 aromatic carbocycles. The van der Waals surface area contributed by atoms with Crippen LogP contribution in [0, 0.1) is 40.4 Å². The van der Waals surface area contributed by atoms with Gasteiger partial charge < -0.3 is 14.6 Å². The Kier molecular flexibility index (Phi) is 6.57. The van der Waals surface area contributed by atoms with Crippen LogP contribution in [-0.2, 0) is 28.7 Å². The van der Waals surface area contributed by atoms with Gasteiger partial charge in [-0.3, -0.25) is 19.2 Å². The molecule has 0 aliphatic heterocycles. The fourth-order valence-electron chi connectivity index (χ4n) is 8.83. The van der Waals surface area contributed by atoms with Gasteiger partial charge in [-0.2, -0.15) is 0 Å². The van der Waals surface area contributed by atoms with E-state index >= 15 is 0 Å². The van der Waals surface area contributed by atoms with E-state index in [4.69, 9.17) is 9.47 Å². The minimum atomic E-state index is -1.46. The maximum absolute atomic E-state index is 13.8. The van der Waals surface area contributed by atoms with Crippen molar-refractivity contribution in [3.8, 4) is 0 Å². The summed E-state index contributed by atoms with van der Waals surface area (Å²) in [6.07, 6.45) is 4.27. The van der Waals surface area contributed by atoms with Crippen LogP contribution in [0.1, 0.15) is 80.1 Å². The van der Waals surface area contributed by atoms with Gasteiger partial charge in [-0.1, -0.05) is 40.2 Å². The second-order valence-electron chi connectivity index (χ2n) is 12.0. The number of hydrogen-bond acceptors (Lipinski definition) is 7. The molecule has 4 aliphatic rings. The number of carbonyl (C=O) groups is 4. The number of esters is 2. The van der Waals surface area contributed by atoms with Gasteiger partial charge in [0, 0.05) is 31.1 Å². The highest BCUT2D eigenvalue weighted by Crippen LogP contribution is 2.70. The van der Waals surface area contributed by atoms with Gasteiger partial charge in [-0.25, -0.2) is 0 Å². The molecule has 1 N–H and O–H groups in total. The lowest BCUT2D eigenvalue weighted by atomic mass is 9.44. The standard InChI is InChI=1S/C28H40O7/c1-7-24(33)35-28(23(32)14-34-17(4)29)16(3)11-21-19-10-15(2)20-12-18(30)8-9-26(20,5)25(19)22(31)13-27(21,28)6/h12,15-16,19,21-22,25,31H,7-11,13-14H2,1-6H3/t15?,16?,19-,21-,22?,25+,26-,27-,28-/m0/s1. The Labute approximate surface area is 208 Å². The molecule has 9 atom stereocenters. The van der Waals surface area contributed by atoms with E-state index in [0.29, 0.717) is 19.3 Å². The first-order chi connectivity index (χ1) is 16.3. The zero-order valence-corrected chi connectivity index (χ0v) is 21.9. The van der Waals surface area contributed by atoms with Crippen molar-refractivity contribution in [1.29, 1.82) is 0 Å². The van der Waals surface area contributed by atoms with Crippen LogP contribution in [-0.4, -0.2) is 46.9 Å². The second kappa shape index (κ2) is 8.82. The van der Waals surface area contributed by atoms with Gasteiger partial charge in [-0.05, 0) is 60.8 Å². The van der Waals surface area contributed by atoms with E-state index in [0.717, 1.165) is 18.4 Å². The molecule has 0 aromatic rings. The summed E-state index contributed by atoms with van der Waals surface area (Å²) < 4.78 is 11.2. The predicted octanol–water partition coefficient (Wildman–Crippen LogP) is 3.81. The smallest absolute Gasteiger partial charge is 0.306 e. The molecule has 194 valence electrons. The Bertz CT molecular complexity index is 968. The minimum Gasteiger partial charge on any atom is -0.458 e. The number of aliphatic hydroxyl groups excluding tert-OH is 1. The van der Waals surface area contributed by atoms with E-state index in [1.165, 1.54) is 6.92 Å². The number of ketones is 2. The second-order valence-corrected chi connectivity index (χ2v) is 12.0. The number of fused-ring (bicyclic) bond motifs is 5. The molecule has 0 amide bonds. The van der Waals surface area contributed by atoms with Crippen LogP contribution in [0.3, 0.4) is 0 Å². The lowest BCUT2D eigenvalue weighted by Gasteiger charge is -2.62. The number of rotatable bonds is 5. The third-order valence-electron chi connectivity index (χ3n) is 10.1. The average molecular weight is 489 g/mol. The van der Waals surface area contributed by atoms with Crippen molar-refractivity contribution in [2.24, 2.45) is 40.4 Å². The van der Waals surface area contributed by atoms with Crippen molar-refractivity contribution in [1.82, 2.24) is 0 Å². The Morgan fingerprint density at radius 2 is 1.86 bits per heavy atom. The van der Waals surface area contributed by atoms with Crippen molar-refractivity contribution in [2.45, 2.75) is 91.8 Å². The Hall–Kier alpha value is -2.02. The fourth-order valence-corrected chi connectivity index (χ4v) is 8.83. The summed E-state index contributed by atoms with van der Waals surface area (Å²) in [6.45, 7) is 10.8. The first-order valence-corrected chi connectivity index (χ1v) is 13.1. The van der Waals surface area contributed by atoms with Gasteiger partial charge in [-0.15, -0.1) is 0 Å². The van der Waals surface area contributed by atoms with Crippen molar-refractivity contribution < 1.29 is 33.8 Å². The molecule has 4 rings (SSSR count). The van der Waals surface area contributed by atoms with Crippen LogP contribution in [0.25, 0.3) is 0 Å². The monoisotopic (exact) mass is 488 g/mol. The Balaban J connectivity index is 1.79. The zero-order valence-electron chi connectivity index (χ0n) is 21.9. The molecular weight excluding hydrogens is 448 g/mol. The number of carbonyl (C=O) groups excluding carboxylic acids is 4. The number of ether oxygens (including phenoxy) is 2. The van der Waals surface area contributed by atoms with E-state index in [1.807, 2.05) is 19.9 Å². The molecule has 4 aliphatic carbocycles. The number of Topliss-reactive ketones (excluding diaryl/α,β-unsaturated/α-hetero) is 1. The van der Waals surface area contributed by atoms with Crippen LogP contribution in [0.15, 0.2) is 11.6 Å². The van der Waals surface area contributed by atoms with E-state index in [2.05, 4.69) is 13.8 Å². The third kappa shape index (κ3) is 3.71. The zero-order chi connectivity index (χ0) is 25.9. The molecule has 0 spiro atoms. The van der Waals surface area contributed by atoms with E-state index < -0.39 is 41.4 Å². The largest absolute Gasteiger partial charge is 0.458 e. The molecule has 3 saturated carbocycles. The molecule has 0 bridgehead atoms. The summed E-state index contributed by atoms with van der Waals surface area (Å²) in [7, 11) is 0. The van der Waals surface area contributed by atoms with E-state index in [1.54, 1.807) is 6.92 Å². The van der Waals surface area contributed by atoms with Crippen LogP contribution >= 0.6 is 0 Å². The molecule has 35 heavy (non-hydrogen) atoms. The molecule has 0 heterocycles. The molecule has 0 radical (unpaired) electrons. The van der Waals surface area contributed by atoms with Crippen LogP contribution < -0.4 is 0 Å². The molecular formula is C28H40O7. The summed E-state index contributed by atoms with van der Waals surface area (Å²) in [4.78, 5) is 50.2. The number of allylic oxidation sites excluding steroid dienone is 1. The van der Waals surface area contributed by atoms with Gasteiger partial charge in [0.2, 0.25) is 5.78 Å². The highest BCUT2D eigenvalue weighted by molar-refractivity contribution is 5.94. The van der Waals surface area contributed by atoms with Gasteiger partial charge in [0.15, 0.2) is 18.0 Å². The van der Waals surface area contributed by atoms with Gasteiger partial charge in [0.05, 0.1) is 6.10 Å². The maximum atomic E-state index is 13.8. The topological polar surface area (TPSA) is 107 Å². The molecule has 0 saturated heterocycles. The van der Waals surface area contributed by atoms with Gasteiger partial charge in [0.1, 0.15) is 0 Å². The predicted molar refractivity (Wildman–Crippen MR) is 128 cm³/mol. The maximum Gasteiger partial charge on any atom is 0.306 e. The fraction of sp³-hybridized carbons (Fsp3) is 0.786. The SMILES string of the molecule is CCC(=O)O[C@]1(C(=O)COC(C)=O)C(C)C[C@H]2[C@@H]3CC(C)C4=CC(=O)CC[C@]4(C)[C@H]3C(O)C[C@@]21C. The van der Waals surface area contributed by atoms with Crippen molar-refractivity contribution in [2.75, 3.05) is 6.61 Å². The van der Waals surface area contributed by atoms with Crippen molar-refractivity contribution in [3.05, 3.63) is 11.6 Å². The quantitative estimate of drug-likeness (QED) is 0.587. The average Bonchev–Trinajstić information content (AvgIpc) is 3.00. The van der Waals surface area contributed by atoms with Crippen molar-refractivity contribution >= 4 is 23.5 Å². The summed E-state index contributed by atoms with van der Waals surface area (Å²) >= 11 is 0. The van der Waals surface area contributed by atoms with E-state index in [9.17, 15) is 24.3 Å². The summed E-state index contributed by atoms with van der Waals surface area (Å²) in [5.41, 5.74) is -1.38. The highest BCUT2D eigenvalue weighted by atomic mass is 16.6. The minimum absolute atomic E-state index is 0.0235. The van der Waals surface area contributed by atoms with Crippen LogP contribution in [0.2, 0.25) is 0 Å². The summed E-state index contributed by atoms with van der Waals surface area (Å²) in [5.74, 6) is -1.21. The highest BCUT2D eigenvalue weighted by Gasteiger charge is 2.73. The first-order valence-electron chi connectivity index (χ1n) is 13.1. The van der Waals surface area contributed by atoms with Gasteiger partial charge in [0.25, 0.3) is 0 Å². The number of aliphatic hydroxyl groups is 1. The van der Waals surface area contributed by atoms with E-state index in [-0.39, 0.29) is 47.2 Å². The third-order valence-corrected chi connectivity index (χ3v) is 10.1. The lowest BCUT2D eigenvalue weighted by molar-refractivity contribution is -0.208. The molecule has 3 unspecified atom stereocenters. The van der Waals surface area contributed by atoms with Crippen molar-refractivity contribution in [3.63, 3.8) is 0 Å². The molecule has 3 fully saturated rings. The Morgan fingerprint density at radius 3 is 2.49 bits per heavy atom. The molecule has 7 nitrogen and oxygen atoms in total. The summed E-state index contributed by atoms with van der Waals surface area (Å²) in [5, 5.41) is 11.7. The summed E-state index contributed by atoms with van der Waals surface area (Å²) in [6, 6.07) is 0. The van der Waals surface area contributed by atoms with Crippen LogP contribution in [0.4, 0.5) is 0 Å². The Morgan fingerprint density at radius 1 is 1.17 bits per heavy atom. The van der Waals surface area contributed by atoms with Crippen LogP contribution in [0.5, 0.6) is 0 Å². The molecule has 7 heteroatoms.